The maximum atomic E-state index is 12.6. The molecular formula is C48H82O18. The van der Waals surface area contributed by atoms with Crippen molar-refractivity contribution in [3.05, 3.63) is 11.6 Å². The van der Waals surface area contributed by atoms with Gasteiger partial charge in [-0.05, 0) is 124 Å². The fourth-order valence-electron chi connectivity index (χ4n) is 15.0. The number of hydrogen-bond acceptors (Lipinski definition) is 18. The highest BCUT2D eigenvalue weighted by Crippen LogP contribution is 2.71. The van der Waals surface area contributed by atoms with E-state index in [2.05, 4.69) is 40.7 Å². The molecule has 18 heteroatoms. The largest absolute Gasteiger partial charge is 0.394 e. The van der Waals surface area contributed by atoms with Crippen molar-refractivity contribution in [2.45, 2.75) is 217 Å². The van der Waals surface area contributed by atoms with E-state index >= 15 is 0 Å². The zero-order valence-corrected chi connectivity index (χ0v) is 40.0. The summed E-state index contributed by atoms with van der Waals surface area (Å²) in [5.41, 5.74) is -0.820. The van der Waals surface area contributed by atoms with Crippen LogP contribution in [0.1, 0.15) is 107 Å². The Kier molecular flexibility index (Phi) is 15.9. The van der Waals surface area contributed by atoms with Crippen molar-refractivity contribution in [1.82, 2.24) is 0 Å². The third-order valence-corrected chi connectivity index (χ3v) is 18.1. The normalized spacial score (nSPS) is 51.8. The molecule has 18 nitrogen and oxygen atoms in total. The maximum absolute atomic E-state index is 12.6. The predicted octanol–water partition coefficient (Wildman–Crippen LogP) is -0.171. The zero-order valence-electron chi connectivity index (χ0n) is 40.0. The van der Waals surface area contributed by atoms with Crippen molar-refractivity contribution in [2.75, 3.05) is 19.8 Å². The summed E-state index contributed by atoms with van der Waals surface area (Å²) in [5.74, 6) is 0.253. The van der Waals surface area contributed by atoms with Crippen LogP contribution in [-0.4, -0.2) is 191 Å². The van der Waals surface area contributed by atoms with Gasteiger partial charge >= 0.3 is 0 Å². The molecule has 3 heterocycles. The molecule has 4 saturated carbocycles. The molecular weight excluding hydrogens is 865 g/mol. The molecule has 0 spiro atoms. The Balaban J connectivity index is 1.12. The molecule has 4 aliphatic carbocycles. The minimum absolute atomic E-state index is 0.0515. The summed E-state index contributed by atoms with van der Waals surface area (Å²) >= 11 is 0. The second-order valence-electron chi connectivity index (χ2n) is 22.9. The highest BCUT2D eigenvalue weighted by molar-refractivity contribution is 5.17. The Bertz CT molecular complexity index is 1660. The third-order valence-electron chi connectivity index (χ3n) is 18.1. The lowest BCUT2D eigenvalue weighted by Gasteiger charge is -2.66. The van der Waals surface area contributed by atoms with Crippen LogP contribution in [0.5, 0.6) is 0 Å². The fraction of sp³-hybridized carbons (Fsp3) is 0.958. The van der Waals surface area contributed by atoms with Crippen LogP contribution >= 0.6 is 0 Å². The van der Waals surface area contributed by atoms with E-state index in [1.54, 1.807) is 0 Å². The van der Waals surface area contributed by atoms with Crippen LogP contribution in [0, 0.1) is 51.8 Å². The van der Waals surface area contributed by atoms with Gasteiger partial charge in [0.1, 0.15) is 73.2 Å². The number of aliphatic hydroxyl groups excluding tert-OH is 12. The second-order valence-corrected chi connectivity index (χ2v) is 22.9. The van der Waals surface area contributed by atoms with Crippen LogP contribution in [0.4, 0.5) is 0 Å². The van der Waals surface area contributed by atoms with Crippen molar-refractivity contribution in [1.29, 1.82) is 0 Å². The van der Waals surface area contributed by atoms with Crippen molar-refractivity contribution < 1.29 is 89.7 Å². The van der Waals surface area contributed by atoms with Crippen LogP contribution in [0.15, 0.2) is 11.6 Å². The highest BCUT2D eigenvalue weighted by atomic mass is 16.8. The molecule has 0 bridgehead atoms. The first-order valence-electron chi connectivity index (χ1n) is 24.4. The van der Waals surface area contributed by atoms with E-state index in [0.29, 0.717) is 19.3 Å². The Hall–Kier alpha value is -0.980. The van der Waals surface area contributed by atoms with Gasteiger partial charge in [-0.25, -0.2) is 0 Å². The van der Waals surface area contributed by atoms with Gasteiger partial charge in [-0.2, -0.15) is 0 Å². The summed E-state index contributed by atoms with van der Waals surface area (Å²) in [4.78, 5) is 0. The average molecular weight is 947 g/mol. The monoisotopic (exact) mass is 947 g/mol. The summed E-state index contributed by atoms with van der Waals surface area (Å²) in [5, 5.41) is 129. The quantitative estimate of drug-likeness (QED) is 0.0843. The van der Waals surface area contributed by atoms with Crippen LogP contribution in [-0.2, 0) is 28.4 Å². The molecule has 3 aliphatic heterocycles. The predicted molar refractivity (Wildman–Crippen MR) is 234 cm³/mol. The molecule has 0 radical (unpaired) electrons. The molecule has 66 heavy (non-hydrogen) atoms. The van der Waals surface area contributed by atoms with E-state index in [-0.39, 0.29) is 46.3 Å². The molecule has 7 fully saturated rings. The topological polar surface area (TPSA) is 298 Å². The molecule has 0 amide bonds. The number of allylic oxidation sites excluding steroid dienone is 2. The van der Waals surface area contributed by atoms with E-state index in [9.17, 15) is 61.3 Å². The van der Waals surface area contributed by atoms with Crippen LogP contribution in [0.3, 0.4) is 0 Å². The van der Waals surface area contributed by atoms with E-state index in [1.807, 2.05) is 20.8 Å². The number of fused-ring (bicyclic) bond motifs is 5. The summed E-state index contributed by atoms with van der Waals surface area (Å²) in [6.07, 6.45) is -15.9. The van der Waals surface area contributed by atoms with Gasteiger partial charge in [0.05, 0.1) is 37.6 Å². The lowest BCUT2D eigenvalue weighted by Crippen LogP contribution is -2.66. The number of aliphatic hydroxyl groups is 12. The van der Waals surface area contributed by atoms with Gasteiger partial charge < -0.3 is 89.7 Å². The Morgan fingerprint density at radius 3 is 1.74 bits per heavy atom. The fourth-order valence-corrected chi connectivity index (χ4v) is 15.0. The highest BCUT2D eigenvalue weighted by Gasteiger charge is 2.68. The number of rotatable bonds is 13. The number of ether oxygens (including phenoxy) is 6. The van der Waals surface area contributed by atoms with Gasteiger partial charge in [0, 0.05) is 0 Å². The first-order valence-corrected chi connectivity index (χ1v) is 24.4. The van der Waals surface area contributed by atoms with Crippen LogP contribution < -0.4 is 0 Å². The van der Waals surface area contributed by atoms with Crippen molar-refractivity contribution in [3.8, 4) is 0 Å². The molecule has 7 aliphatic rings. The first-order chi connectivity index (χ1) is 30.9. The Morgan fingerprint density at radius 2 is 1.17 bits per heavy atom. The standard InChI is InChI=1S/C48H82O18/c1-21(2)15-22(3)17-48(8,66-43-40(60)37(57)34(54)28(19-50)62-43)24-11-13-47(7)23-9-10-30-45(4,5)31(12-14-46(30,6)25(23)16-26(52)32(24)47)64-44-41(38(58)35(55)29(20-51)63-44)65-42-39(59)36(56)33(53)27(18-49)61-42/h15,22-44,49-60H,9-14,16-20H2,1-8H3/t22?,23?,24-,25?,26-,27+,28-,29+,30?,31-,32+,33+,34-,35+,36-,37+,38-,39+,40-,41+,42-,43+,44-,46+,47+,48-/m0/s1. The molecule has 12 N–H and O–H groups in total. The summed E-state index contributed by atoms with van der Waals surface area (Å²) in [7, 11) is 0. The minimum Gasteiger partial charge on any atom is -0.394 e. The lowest BCUT2D eigenvalue weighted by atomic mass is 9.39. The van der Waals surface area contributed by atoms with E-state index in [0.717, 1.165) is 37.7 Å². The smallest absolute Gasteiger partial charge is 0.187 e. The zero-order chi connectivity index (χ0) is 48.6. The molecule has 0 aromatic carbocycles. The molecule has 3 saturated heterocycles. The van der Waals surface area contributed by atoms with Gasteiger partial charge in [-0.3, -0.25) is 0 Å². The van der Waals surface area contributed by atoms with E-state index in [1.165, 1.54) is 0 Å². The van der Waals surface area contributed by atoms with E-state index < -0.39 is 135 Å². The van der Waals surface area contributed by atoms with Crippen molar-refractivity contribution in [2.24, 2.45) is 51.8 Å². The summed E-state index contributed by atoms with van der Waals surface area (Å²) < 4.78 is 37.2. The van der Waals surface area contributed by atoms with Gasteiger partial charge in [0.15, 0.2) is 18.9 Å². The average Bonchev–Trinajstić information content (AvgIpc) is 3.64. The molecule has 0 aromatic rings. The molecule has 7 rings (SSSR count). The van der Waals surface area contributed by atoms with Gasteiger partial charge in [-0.15, -0.1) is 0 Å². The third kappa shape index (κ3) is 9.23. The Labute approximate surface area is 388 Å². The Morgan fingerprint density at radius 1 is 0.636 bits per heavy atom. The van der Waals surface area contributed by atoms with Gasteiger partial charge in [0.2, 0.25) is 0 Å². The minimum atomic E-state index is -1.79. The molecule has 0 aromatic heterocycles. The molecule has 4 unspecified atom stereocenters. The molecule has 26 atom stereocenters. The van der Waals surface area contributed by atoms with Crippen LogP contribution in [0.2, 0.25) is 0 Å². The van der Waals surface area contributed by atoms with Gasteiger partial charge in [0.25, 0.3) is 0 Å². The molecule has 382 valence electrons. The summed E-state index contributed by atoms with van der Waals surface area (Å²) in [6.45, 7) is 15.2. The maximum Gasteiger partial charge on any atom is 0.187 e. The number of hydrogen-bond donors (Lipinski definition) is 12. The van der Waals surface area contributed by atoms with Crippen molar-refractivity contribution >= 4 is 0 Å². The summed E-state index contributed by atoms with van der Waals surface area (Å²) in [6, 6.07) is 0. The van der Waals surface area contributed by atoms with Gasteiger partial charge in [-0.1, -0.05) is 46.3 Å². The van der Waals surface area contributed by atoms with Crippen molar-refractivity contribution in [3.63, 3.8) is 0 Å². The lowest BCUT2D eigenvalue weighted by molar-refractivity contribution is -0.378. The second kappa shape index (κ2) is 19.9. The van der Waals surface area contributed by atoms with Crippen LogP contribution in [0.25, 0.3) is 0 Å². The first kappa shape index (κ1) is 52.8. The van der Waals surface area contributed by atoms with E-state index in [4.69, 9.17) is 28.4 Å². The SMILES string of the molecule is CC(C)=CC(C)C[C@](C)(O[C@H]1O[C@@H](CO)[C@H](O)[C@@H](O)[C@@H]1O)[C@H]1CC[C@]2(C)C3CCC4C(C)(C)[C@@H](O[C@@H]5O[C@H](CO)[C@@H](O)[C@H](O)[C@H]5O[C@@H]5O[C@H](CO)[C@@H](O)[C@H](O)[C@H]5O)CC[C@]4(C)C3C[C@H](O)[C@@H]12.